The van der Waals surface area contributed by atoms with Crippen molar-refractivity contribution in [2.75, 3.05) is 19.3 Å². The number of thiophene rings is 1. The summed E-state index contributed by atoms with van der Waals surface area (Å²) < 4.78 is 24.6. The summed E-state index contributed by atoms with van der Waals surface area (Å²) in [5.41, 5.74) is 1.02. The van der Waals surface area contributed by atoms with Crippen LogP contribution in [0.1, 0.15) is 34.5 Å². The number of rotatable bonds is 4. The van der Waals surface area contributed by atoms with Crippen molar-refractivity contribution in [3.05, 3.63) is 21.9 Å². The highest BCUT2D eigenvalue weighted by atomic mass is 32.2. The fourth-order valence-corrected chi connectivity index (χ4v) is 4.33. The molecule has 0 N–H and O–H groups in total. The summed E-state index contributed by atoms with van der Waals surface area (Å²) in [6.07, 6.45) is 3.46. The lowest BCUT2D eigenvalue weighted by molar-refractivity contribution is 0.0946. The monoisotopic (exact) mass is 301 g/mol. The predicted molar refractivity (Wildman–Crippen MR) is 77.1 cm³/mol. The Labute approximate surface area is 118 Å². The second kappa shape index (κ2) is 5.73. The Hall–Kier alpha value is -0.720. The lowest BCUT2D eigenvalue weighted by Crippen LogP contribution is -2.39. The van der Waals surface area contributed by atoms with Gasteiger partial charge in [-0.15, -0.1) is 11.3 Å². The SMILES string of the molecule is Cc1ccsc1C(=O)CC1CCCN(S(C)(=O)=O)C1. The van der Waals surface area contributed by atoms with Gasteiger partial charge in [-0.3, -0.25) is 4.79 Å². The number of carbonyl (C=O) groups excluding carboxylic acids is 1. The third kappa shape index (κ3) is 3.64. The van der Waals surface area contributed by atoms with E-state index in [2.05, 4.69) is 0 Å². The molecule has 19 heavy (non-hydrogen) atoms. The van der Waals surface area contributed by atoms with Gasteiger partial charge in [0.25, 0.3) is 0 Å². The van der Waals surface area contributed by atoms with Crippen molar-refractivity contribution in [2.45, 2.75) is 26.2 Å². The number of hydrogen-bond acceptors (Lipinski definition) is 4. The molecule has 1 aliphatic rings. The Kier molecular flexibility index (Phi) is 4.43. The number of piperidine rings is 1. The van der Waals surface area contributed by atoms with Gasteiger partial charge in [0.1, 0.15) is 0 Å². The lowest BCUT2D eigenvalue weighted by atomic mass is 9.93. The van der Waals surface area contributed by atoms with Crippen LogP contribution in [0.4, 0.5) is 0 Å². The van der Waals surface area contributed by atoms with E-state index in [-0.39, 0.29) is 11.7 Å². The zero-order chi connectivity index (χ0) is 14.0. The van der Waals surface area contributed by atoms with Crippen molar-refractivity contribution in [1.82, 2.24) is 4.31 Å². The van der Waals surface area contributed by atoms with Crippen LogP contribution in [0.2, 0.25) is 0 Å². The summed E-state index contributed by atoms with van der Waals surface area (Å²) in [7, 11) is -3.13. The van der Waals surface area contributed by atoms with E-state index in [0.717, 1.165) is 23.3 Å². The van der Waals surface area contributed by atoms with Crippen molar-refractivity contribution in [3.63, 3.8) is 0 Å². The molecule has 1 atom stereocenters. The predicted octanol–water partition coefficient (Wildman–Crippen LogP) is 2.30. The molecule has 4 nitrogen and oxygen atoms in total. The Balaban J connectivity index is 2.00. The Morgan fingerprint density at radius 1 is 1.53 bits per heavy atom. The molecule has 1 aliphatic heterocycles. The smallest absolute Gasteiger partial charge is 0.211 e. The number of ketones is 1. The summed E-state index contributed by atoms with van der Waals surface area (Å²) in [5, 5.41) is 1.92. The molecule has 0 bridgehead atoms. The highest BCUT2D eigenvalue weighted by molar-refractivity contribution is 7.88. The quantitative estimate of drug-likeness (QED) is 0.802. The first-order valence-corrected chi connectivity index (χ1v) is 9.13. The molecule has 0 amide bonds. The zero-order valence-electron chi connectivity index (χ0n) is 11.3. The molecule has 0 aliphatic carbocycles. The standard InChI is InChI=1S/C13H19NO3S2/c1-10-5-7-18-13(10)12(15)8-11-4-3-6-14(9-11)19(2,16)17/h5,7,11H,3-4,6,8-9H2,1-2H3. The molecule has 106 valence electrons. The van der Waals surface area contributed by atoms with Crippen molar-refractivity contribution in [2.24, 2.45) is 5.92 Å². The van der Waals surface area contributed by atoms with E-state index in [1.54, 1.807) is 0 Å². The van der Waals surface area contributed by atoms with Crippen LogP contribution in [0.15, 0.2) is 11.4 Å². The summed E-state index contributed by atoms with van der Waals surface area (Å²) in [6.45, 7) is 3.00. The third-order valence-corrected chi connectivity index (χ3v) is 5.87. The van der Waals surface area contributed by atoms with Crippen molar-refractivity contribution >= 4 is 27.1 Å². The number of Topliss-reactive ketones (excluding diaryl/α,β-unsaturated/α-hetero) is 1. The van der Waals surface area contributed by atoms with Gasteiger partial charge < -0.3 is 0 Å². The number of aryl methyl sites for hydroxylation is 1. The lowest BCUT2D eigenvalue weighted by Gasteiger charge is -2.30. The van der Waals surface area contributed by atoms with Gasteiger partial charge in [0.15, 0.2) is 5.78 Å². The fraction of sp³-hybridized carbons (Fsp3) is 0.615. The Morgan fingerprint density at radius 2 is 2.26 bits per heavy atom. The maximum atomic E-state index is 12.2. The second-order valence-electron chi connectivity index (χ2n) is 5.19. The molecular weight excluding hydrogens is 282 g/mol. The molecule has 0 spiro atoms. The first-order valence-electron chi connectivity index (χ1n) is 6.40. The molecule has 0 saturated carbocycles. The maximum absolute atomic E-state index is 12.2. The average molecular weight is 301 g/mol. The summed E-state index contributed by atoms with van der Waals surface area (Å²) in [5.74, 6) is 0.297. The van der Waals surface area contributed by atoms with E-state index in [9.17, 15) is 13.2 Å². The molecule has 6 heteroatoms. The van der Waals surface area contributed by atoms with Gasteiger partial charge in [-0.05, 0) is 42.7 Å². The van der Waals surface area contributed by atoms with Crippen LogP contribution in [0.5, 0.6) is 0 Å². The van der Waals surface area contributed by atoms with E-state index in [1.165, 1.54) is 21.9 Å². The number of nitrogens with zero attached hydrogens (tertiary/aromatic N) is 1. The molecule has 1 unspecified atom stereocenters. The Bertz CT molecular complexity index is 562. The van der Waals surface area contributed by atoms with E-state index in [4.69, 9.17) is 0 Å². The molecule has 1 aromatic rings. The highest BCUT2D eigenvalue weighted by Crippen LogP contribution is 2.25. The summed E-state index contributed by atoms with van der Waals surface area (Å²) >= 11 is 1.47. The zero-order valence-corrected chi connectivity index (χ0v) is 12.9. The van der Waals surface area contributed by atoms with E-state index in [1.807, 2.05) is 18.4 Å². The molecular formula is C13H19NO3S2. The van der Waals surface area contributed by atoms with Crippen LogP contribution in [0.3, 0.4) is 0 Å². The van der Waals surface area contributed by atoms with Crippen molar-refractivity contribution < 1.29 is 13.2 Å². The van der Waals surface area contributed by atoms with E-state index >= 15 is 0 Å². The van der Waals surface area contributed by atoms with Crippen molar-refractivity contribution in [1.29, 1.82) is 0 Å². The van der Waals surface area contributed by atoms with Gasteiger partial charge >= 0.3 is 0 Å². The normalized spacial score (nSPS) is 21.5. The minimum Gasteiger partial charge on any atom is -0.293 e. The number of sulfonamides is 1. The molecule has 1 saturated heterocycles. The molecule has 0 radical (unpaired) electrons. The number of hydrogen-bond donors (Lipinski definition) is 0. The average Bonchev–Trinajstić information content (AvgIpc) is 2.75. The van der Waals surface area contributed by atoms with Crippen LogP contribution in [-0.4, -0.2) is 37.9 Å². The fourth-order valence-electron chi connectivity index (χ4n) is 2.51. The van der Waals surface area contributed by atoms with Crippen LogP contribution in [-0.2, 0) is 10.0 Å². The molecule has 1 aromatic heterocycles. The maximum Gasteiger partial charge on any atom is 0.211 e. The van der Waals surface area contributed by atoms with Crippen LogP contribution < -0.4 is 0 Å². The molecule has 2 heterocycles. The van der Waals surface area contributed by atoms with Crippen LogP contribution in [0, 0.1) is 12.8 Å². The third-order valence-electron chi connectivity index (χ3n) is 3.54. The van der Waals surface area contributed by atoms with Crippen LogP contribution >= 0.6 is 11.3 Å². The molecule has 1 fully saturated rings. The topological polar surface area (TPSA) is 54.5 Å². The Morgan fingerprint density at radius 3 is 2.84 bits per heavy atom. The van der Waals surface area contributed by atoms with Gasteiger partial charge in [-0.25, -0.2) is 12.7 Å². The van der Waals surface area contributed by atoms with Gasteiger partial charge in [0, 0.05) is 19.5 Å². The summed E-state index contributed by atoms with van der Waals surface area (Å²) in [6, 6.07) is 1.95. The van der Waals surface area contributed by atoms with E-state index in [0.29, 0.717) is 19.5 Å². The van der Waals surface area contributed by atoms with Crippen LogP contribution in [0.25, 0.3) is 0 Å². The van der Waals surface area contributed by atoms with Gasteiger partial charge in [0.05, 0.1) is 11.1 Å². The second-order valence-corrected chi connectivity index (χ2v) is 8.09. The molecule has 2 rings (SSSR count). The summed E-state index contributed by atoms with van der Waals surface area (Å²) in [4.78, 5) is 13.0. The van der Waals surface area contributed by atoms with Crippen molar-refractivity contribution in [3.8, 4) is 0 Å². The highest BCUT2D eigenvalue weighted by Gasteiger charge is 2.27. The minimum absolute atomic E-state index is 0.146. The molecule has 0 aromatic carbocycles. The first kappa shape index (κ1) is 14.7. The van der Waals surface area contributed by atoms with E-state index < -0.39 is 10.0 Å². The van der Waals surface area contributed by atoms with Gasteiger partial charge in [0.2, 0.25) is 10.0 Å². The first-order chi connectivity index (χ1) is 8.88. The van der Waals surface area contributed by atoms with Gasteiger partial charge in [-0.1, -0.05) is 0 Å². The number of carbonyl (C=O) groups is 1. The largest absolute Gasteiger partial charge is 0.293 e. The minimum atomic E-state index is -3.13. The van der Waals surface area contributed by atoms with Gasteiger partial charge in [-0.2, -0.15) is 0 Å².